The van der Waals surface area contributed by atoms with E-state index in [2.05, 4.69) is 5.32 Å². The zero-order valence-electron chi connectivity index (χ0n) is 21.6. The predicted molar refractivity (Wildman–Crippen MR) is 147 cm³/mol. The molecule has 3 aromatic rings. The van der Waals surface area contributed by atoms with Gasteiger partial charge in [0.2, 0.25) is 10.0 Å². The Morgan fingerprint density at radius 3 is 2.62 bits per heavy atom. The van der Waals surface area contributed by atoms with Crippen molar-refractivity contribution in [3.63, 3.8) is 0 Å². The minimum Gasteiger partial charge on any atom is -0.376 e. The molecule has 9 nitrogen and oxygen atoms in total. The van der Waals surface area contributed by atoms with E-state index in [0.717, 1.165) is 37.8 Å². The van der Waals surface area contributed by atoms with E-state index in [9.17, 15) is 18.5 Å². The van der Waals surface area contributed by atoms with Gasteiger partial charge in [0.15, 0.2) is 0 Å². The standard InChI is InChI=1S/C29H31N5O4S/c30-19-23(29(35)31-20-26-12-8-16-38-26)17-24-21-34(25-10-3-1-4-11-25)32-28(24)22-9-7-13-27(18-22)39(36,37)33-14-5-2-6-15-33/h1,3-4,7,9-11,13,17-18,21,26H,2,5-6,8,12,14-16,20H2,(H,31,35). The first kappa shape index (κ1) is 26.8. The van der Waals surface area contributed by atoms with Crippen molar-refractivity contribution in [1.82, 2.24) is 19.4 Å². The van der Waals surface area contributed by atoms with E-state index in [1.165, 1.54) is 10.4 Å². The Bertz CT molecular complexity index is 1500. The summed E-state index contributed by atoms with van der Waals surface area (Å²) in [5, 5.41) is 17.3. The fourth-order valence-electron chi connectivity index (χ4n) is 4.90. The Morgan fingerprint density at radius 2 is 1.90 bits per heavy atom. The van der Waals surface area contributed by atoms with Gasteiger partial charge in [0.25, 0.3) is 5.91 Å². The van der Waals surface area contributed by atoms with Gasteiger partial charge < -0.3 is 10.1 Å². The average Bonchev–Trinajstić information content (AvgIpc) is 3.66. The van der Waals surface area contributed by atoms with Crippen LogP contribution in [0, 0.1) is 11.3 Å². The zero-order valence-corrected chi connectivity index (χ0v) is 22.4. The Morgan fingerprint density at radius 1 is 1.10 bits per heavy atom. The fourth-order valence-corrected chi connectivity index (χ4v) is 6.46. The van der Waals surface area contributed by atoms with Crippen molar-refractivity contribution in [2.24, 2.45) is 0 Å². The number of carbonyl (C=O) groups is 1. The summed E-state index contributed by atoms with van der Waals surface area (Å²) in [7, 11) is -3.65. The summed E-state index contributed by atoms with van der Waals surface area (Å²) in [6.45, 7) is 2.03. The maximum Gasteiger partial charge on any atom is 0.262 e. The molecule has 5 rings (SSSR count). The molecule has 0 saturated carbocycles. The fraction of sp³-hybridized carbons (Fsp3) is 0.345. The lowest BCUT2D eigenvalue weighted by Gasteiger charge is -2.26. The van der Waals surface area contributed by atoms with Gasteiger partial charge in [0, 0.05) is 43.6 Å². The summed E-state index contributed by atoms with van der Waals surface area (Å²) in [5.74, 6) is -0.493. The molecule has 2 fully saturated rings. The Kier molecular flexibility index (Phi) is 8.21. The van der Waals surface area contributed by atoms with Gasteiger partial charge in [0.05, 0.1) is 16.7 Å². The summed E-state index contributed by atoms with van der Waals surface area (Å²) >= 11 is 0. The highest BCUT2D eigenvalue weighted by Gasteiger charge is 2.27. The van der Waals surface area contributed by atoms with Crippen LogP contribution in [0.25, 0.3) is 23.0 Å². The molecule has 1 unspecified atom stereocenters. The molecule has 2 saturated heterocycles. The molecule has 39 heavy (non-hydrogen) atoms. The molecular formula is C29H31N5O4S. The van der Waals surface area contributed by atoms with Crippen LogP contribution in [0.3, 0.4) is 0 Å². The Labute approximate surface area is 228 Å². The molecule has 0 radical (unpaired) electrons. The van der Waals surface area contributed by atoms with E-state index < -0.39 is 15.9 Å². The molecule has 2 aliphatic heterocycles. The number of para-hydroxylation sites is 1. The molecule has 202 valence electrons. The maximum atomic E-state index is 13.4. The number of aromatic nitrogens is 2. The Hall–Kier alpha value is -3.78. The van der Waals surface area contributed by atoms with Crippen molar-refractivity contribution in [3.8, 4) is 23.0 Å². The number of sulfonamides is 1. The lowest BCUT2D eigenvalue weighted by atomic mass is 10.1. The van der Waals surface area contributed by atoms with Crippen LogP contribution in [-0.2, 0) is 19.6 Å². The number of nitrogens with zero attached hydrogens (tertiary/aromatic N) is 4. The average molecular weight is 546 g/mol. The van der Waals surface area contributed by atoms with Crippen LogP contribution in [0.2, 0.25) is 0 Å². The second-order valence-electron chi connectivity index (χ2n) is 9.72. The number of rotatable bonds is 8. The second kappa shape index (κ2) is 11.9. The number of hydrogen-bond acceptors (Lipinski definition) is 6. The molecule has 0 spiro atoms. The van der Waals surface area contributed by atoms with Crippen LogP contribution < -0.4 is 5.32 Å². The number of nitriles is 1. The highest BCUT2D eigenvalue weighted by Crippen LogP contribution is 2.29. The number of nitrogens with one attached hydrogen (secondary N) is 1. The van der Waals surface area contributed by atoms with Crippen LogP contribution in [-0.4, -0.2) is 60.8 Å². The van der Waals surface area contributed by atoms with E-state index in [0.29, 0.717) is 43.1 Å². The minimum absolute atomic E-state index is 0.0464. The summed E-state index contributed by atoms with van der Waals surface area (Å²) < 4.78 is 35.5. The second-order valence-corrected chi connectivity index (χ2v) is 11.7. The predicted octanol–water partition coefficient (Wildman–Crippen LogP) is 3.92. The molecule has 2 aromatic carbocycles. The molecule has 1 amide bonds. The lowest BCUT2D eigenvalue weighted by Crippen LogP contribution is -2.35. The number of ether oxygens (including phenoxy) is 1. The molecular weight excluding hydrogens is 514 g/mol. The van der Waals surface area contributed by atoms with Crippen molar-refractivity contribution in [1.29, 1.82) is 5.26 Å². The van der Waals surface area contributed by atoms with Crippen LogP contribution in [0.5, 0.6) is 0 Å². The molecule has 2 aliphatic rings. The third kappa shape index (κ3) is 6.11. The van der Waals surface area contributed by atoms with Gasteiger partial charge in [-0.15, -0.1) is 0 Å². The summed E-state index contributed by atoms with van der Waals surface area (Å²) in [4.78, 5) is 13.0. The van der Waals surface area contributed by atoms with Gasteiger partial charge in [-0.3, -0.25) is 4.79 Å². The highest BCUT2D eigenvalue weighted by molar-refractivity contribution is 7.89. The zero-order chi connectivity index (χ0) is 27.2. The minimum atomic E-state index is -3.65. The Balaban J connectivity index is 1.51. The monoisotopic (exact) mass is 545 g/mol. The van der Waals surface area contributed by atoms with E-state index >= 15 is 0 Å². The van der Waals surface area contributed by atoms with E-state index in [-0.39, 0.29) is 16.6 Å². The SMILES string of the molecule is N#CC(=Cc1cn(-c2ccccc2)nc1-c1cccc(S(=O)(=O)N2CCCCC2)c1)C(=O)NCC1CCCO1. The van der Waals surface area contributed by atoms with Crippen molar-refractivity contribution < 1.29 is 17.9 Å². The first-order valence-electron chi connectivity index (χ1n) is 13.2. The summed E-state index contributed by atoms with van der Waals surface area (Å²) in [6.07, 6.45) is 7.74. The normalized spacial score (nSPS) is 18.5. The molecule has 1 aromatic heterocycles. The van der Waals surface area contributed by atoms with Gasteiger partial charge in [-0.2, -0.15) is 14.7 Å². The molecule has 10 heteroatoms. The number of piperidine rings is 1. The molecule has 1 N–H and O–H groups in total. The largest absolute Gasteiger partial charge is 0.376 e. The number of hydrogen-bond donors (Lipinski definition) is 1. The van der Waals surface area contributed by atoms with Crippen LogP contribution in [0.15, 0.2) is 71.3 Å². The van der Waals surface area contributed by atoms with E-state index in [1.807, 2.05) is 36.4 Å². The van der Waals surface area contributed by atoms with Gasteiger partial charge >= 0.3 is 0 Å². The van der Waals surface area contributed by atoms with Crippen molar-refractivity contribution >= 4 is 22.0 Å². The molecule has 0 aliphatic carbocycles. The van der Waals surface area contributed by atoms with Crippen molar-refractivity contribution in [2.75, 3.05) is 26.2 Å². The van der Waals surface area contributed by atoms with E-state index in [1.54, 1.807) is 35.1 Å². The van der Waals surface area contributed by atoms with Crippen LogP contribution in [0.4, 0.5) is 0 Å². The van der Waals surface area contributed by atoms with E-state index in [4.69, 9.17) is 9.84 Å². The quantitative estimate of drug-likeness (QED) is 0.339. The first-order chi connectivity index (χ1) is 19.0. The summed E-state index contributed by atoms with van der Waals surface area (Å²) in [5.41, 5.74) is 2.28. The maximum absolute atomic E-state index is 13.4. The third-order valence-electron chi connectivity index (χ3n) is 7.00. The topological polar surface area (TPSA) is 117 Å². The van der Waals surface area contributed by atoms with Gasteiger partial charge in [-0.25, -0.2) is 13.1 Å². The number of carbonyl (C=O) groups excluding carboxylic acids is 1. The van der Waals surface area contributed by atoms with Crippen LogP contribution >= 0.6 is 0 Å². The molecule has 0 bridgehead atoms. The number of amides is 1. The number of benzene rings is 2. The van der Waals surface area contributed by atoms with Gasteiger partial charge in [-0.05, 0) is 56.0 Å². The smallest absolute Gasteiger partial charge is 0.262 e. The first-order valence-corrected chi connectivity index (χ1v) is 14.7. The van der Waals surface area contributed by atoms with Crippen molar-refractivity contribution in [2.45, 2.75) is 43.1 Å². The van der Waals surface area contributed by atoms with Crippen molar-refractivity contribution in [3.05, 3.63) is 71.9 Å². The summed E-state index contributed by atoms with van der Waals surface area (Å²) in [6, 6.07) is 18.1. The third-order valence-corrected chi connectivity index (χ3v) is 8.90. The van der Waals surface area contributed by atoms with Gasteiger partial charge in [-0.1, -0.05) is 36.8 Å². The molecule has 3 heterocycles. The van der Waals surface area contributed by atoms with Gasteiger partial charge in [0.1, 0.15) is 17.3 Å². The lowest BCUT2D eigenvalue weighted by molar-refractivity contribution is -0.117. The highest BCUT2D eigenvalue weighted by atomic mass is 32.2. The van der Waals surface area contributed by atoms with Crippen LogP contribution in [0.1, 0.15) is 37.7 Å². The molecule has 1 atom stereocenters.